The minimum atomic E-state index is -1.51. The molecule has 0 bridgehead atoms. The van der Waals surface area contributed by atoms with Crippen molar-refractivity contribution in [2.24, 2.45) is 0 Å². The number of carbonyl (C=O) groups is 1. The molecule has 8 heteroatoms. The largest absolute Gasteiger partial charge is 0.394 e. The SMILES string of the molecule is O=C(NC1O[C@H](CO)[C@@H](O)[C@H](O)[C@H]1O)C1=CNC=CC1. The molecule has 1 unspecified atom stereocenters. The van der Waals surface area contributed by atoms with Gasteiger partial charge in [0.05, 0.1) is 6.61 Å². The third kappa shape index (κ3) is 3.00. The fourth-order valence-electron chi connectivity index (χ4n) is 2.06. The van der Waals surface area contributed by atoms with Crippen molar-refractivity contribution in [1.29, 1.82) is 0 Å². The van der Waals surface area contributed by atoms with Gasteiger partial charge < -0.3 is 35.8 Å². The number of carbonyl (C=O) groups excluding carboxylic acids is 1. The molecule has 2 rings (SSSR count). The predicted octanol–water partition coefficient (Wildman–Crippen LogP) is -2.71. The van der Waals surface area contributed by atoms with E-state index < -0.39 is 43.2 Å². The molecular weight excluding hydrogens is 268 g/mol. The highest BCUT2D eigenvalue weighted by Gasteiger charge is 2.44. The Bertz CT molecular complexity index is 422. The second kappa shape index (κ2) is 6.33. The lowest BCUT2D eigenvalue weighted by molar-refractivity contribution is -0.235. The molecule has 20 heavy (non-hydrogen) atoms. The van der Waals surface area contributed by atoms with Crippen LogP contribution in [0.5, 0.6) is 0 Å². The molecule has 1 saturated heterocycles. The van der Waals surface area contributed by atoms with Crippen LogP contribution in [0.25, 0.3) is 0 Å². The van der Waals surface area contributed by atoms with Gasteiger partial charge >= 0.3 is 0 Å². The van der Waals surface area contributed by atoms with Gasteiger partial charge in [-0.25, -0.2) is 0 Å². The maximum Gasteiger partial charge on any atom is 0.251 e. The van der Waals surface area contributed by atoms with Crippen LogP contribution in [0.15, 0.2) is 24.0 Å². The van der Waals surface area contributed by atoms with E-state index in [1.54, 1.807) is 12.3 Å². The zero-order valence-electron chi connectivity index (χ0n) is 10.6. The summed E-state index contributed by atoms with van der Waals surface area (Å²) in [5.74, 6) is -0.467. The molecule has 0 saturated carbocycles. The Morgan fingerprint density at radius 3 is 2.70 bits per heavy atom. The Morgan fingerprint density at radius 2 is 2.10 bits per heavy atom. The molecule has 8 nitrogen and oxygen atoms in total. The smallest absolute Gasteiger partial charge is 0.251 e. The summed E-state index contributed by atoms with van der Waals surface area (Å²) in [6.45, 7) is -0.537. The Balaban J connectivity index is 2.00. The monoisotopic (exact) mass is 286 g/mol. The predicted molar refractivity (Wildman–Crippen MR) is 66.9 cm³/mol. The molecule has 2 aliphatic heterocycles. The first-order valence-electron chi connectivity index (χ1n) is 6.26. The van der Waals surface area contributed by atoms with Gasteiger partial charge in [-0.05, 0) is 12.6 Å². The number of hydrogen-bond acceptors (Lipinski definition) is 7. The van der Waals surface area contributed by atoms with Crippen molar-refractivity contribution in [1.82, 2.24) is 10.6 Å². The van der Waals surface area contributed by atoms with Crippen LogP contribution in [0.2, 0.25) is 0 Å². The summed E-state index contributed by atoms with van der Waals surface area (Å²) in [7, 11) is 0. The Kier molecular flexibility index (Phi) is 4.73. The van der Waals surface area contributed by atoms with Crippen molar-refractivity contribution in [3.8, 4) is 0 Å². The number of hydrogen-bond donors (Lipinski definition) is 6. The first-order chi connectivity index (χ1) is 9.54. The fraction of sp³-hybridized carbons (Fsp3) is 0.583. The zero-order valence-corrected chi connectivity index (χ0v) is 10.6. The molecule has 5 atom stereocenters. The van der Waals surface area contributed by atoms with Gasteiger partial charge in [0.1, 0.15) is 24.4 Å². The van der Waals surface area contributed by atoms with Crippen molar-refractivity contribution in [3.05, 3.63) is 24.0 Å². The average molecular weight is 286 g/mol. The Hall–Kier alpha value is -1.45. The number of allylic oxidation sites excluding steroid dienone is 1. The van der Waals surface area contributed by atoms with E-state index in [1.807, 2.05) is 0 Å². The van der Waals surface area contributed by atoms with Gasteiger partial charge in [0.2, 0.25) is 0 Å². The summed E-state index contributed by atoms with van der Waals surface area (Å²) in [5, 5.41) is 43.2. The molecule has 1 fully saturated rings. The third-order valence-electron chi connectivity index (χ3n) is 3.27. The zero-order chi connectivity index (χ0) is 14.7. The molecule has 0 aromatic carbocycles. The Labute approximate surface area is 115 Å². The van der Waals surface area contributed by atoms with E-state index >= 15 is 0 Å². The van der Waals surface area contributed by atoms with Crippen LogP contribution in [0.1, 0.15) is 6.42 Å². The van der Waals surface area contributed by atoms with E-state index in [4.69, 9.17) is 9.84 Å². The normalized spacial score (nSPS) is 37.0. The second-order valence-electron chi connectivity index (χ2n) is 4.67. The number of nitrogens with one attached hydrogen (secondary N) is 2. The molecule has 0 aliphatic carbocycles. The highest BCUT2D eigenvalue weighted by atomic mass is 16.6. The van der Waals surface area contributed by atoms with Gasteiger partial charge in [0.15, 0.2) is 6.23 Å². The molecule has 0 aromatic rings. The van der Waals surface area contributed by atoms with Gasteiger partial charge in [0, 0.05) is 11.8 Å². The fourth-order valence-corrected chi connectivity index (χ4v) is 2.06. The Morgan fingerprint density at radius 1 is 1.35 bits per heavy atom. The number of rotatable bonds is 3. The highest BCUT2D eigenvalue weighted by Crippen LogP contribution is 2.20. The number of ether oxygens (including phenoxy) is 1. The minimum Gasteiger partial charge on any atom is -0.394 e. The number of amides is 1. The second-order valence-corrected chi connectivity index (χ2v) is 4.67. The topological polar surface area (TPSA) is 131 Å². The van der Waals surface area contributed by atoms with Crippen LogP contribution < -0.4 is 10.6 Å². The van der Waals surface area contributed by atoms with Crippen LogP contribution in [-0.4, -0.2) is 63.6 Å². The molecule has 2 aliphatic rings. The van der Waals surface area contributed by atoms with Crippen molar-refractivity contribution >= 4 is 5.91 Å². The van der Waals surface area contributed by atoms with Crippen LogP contribution in [-0.2, 0) is 9.53 Å². The summed E-state index contributed by atoms with van der Waals surface area (Å²) < 4.78 is 5.18. The van der Waals surface area contributed by atoms with Crippen LogP contribution in [0.3, 0.4) is 0 Å². The maximum atomic E-state index is 11.9. The van der Waals surface area contributed by atoms with E-state index in [1.165, 1.54) is 6.20 Å². The van der Waals surface area contributed by atoms with Gasteiger partial charge in [0.25, 0.3) is 5.91 Å². The molecular formula is C12H18N2O6. The molecule has 1 amide bonds. The lowest BCUT2D eigenvalue weighted by Crippen LogP contribution is -2.63. The number of aliphatic hydroxyl groups excluding tert-OH is 4. The minimum absolute atomic E-state index is 0.427. The highest BCUT2D eigenvalue weighted by molar-refractivity contribution is 5.93. The first kappa shape index (κ1) is 14.9. The number of aliphatic hydroxyl groups is 4. The summed E-state index contributed by atoms with van der Waals surface area (Å²) >= 11 is 0. The lowest BCUT2D eigenvalue weighted by atomic mass is 9.98. The van der Waals surface area contributed by atoms with Crippen LogP contribution in [0, 0.1) is 0 Å². The molecule has 2 heterocycles. The number of dihydropyridines is 1. The molecule has 0 aromatic heterocycles. The quantitative estimate of drug-likeness (QED) is 0.332. The van der Waals surface area contributed by atoms with E-state index in [2.05, 4.69) is 10.6 Å². The molecule has 6 N–H and O–H groups in total. The van der Waals surface area contributed by atoms with Crippen molar-refractivity contribution in [2.45, 2.75) is 37.1 Å². The van der Waals surface area contributed by atoms with E-state index in [0.717, 1.165) is 0 Å². The van der Waals surface area contributed by atoms with Crippen molar-refractivity contribution in [2.75, 3.05) is 6.61 Å². The first-order valence-corrected chi connectivity index (χ1v) is 6.26. The van der Waals surface area contributed by atoms with Gasteiger partial charge in [-0.3, -0.25) is 4.79 Å². The average Bonchev–Trinajstić information content (AvgIpc) is 2.48. The van der Waals surface area contributed by atoms with Crippen LogP contribution >= 0.6 is 0 Å². The standard InChI is InChI=1S/C12H18N2O6/c15-5-7-8(16)9(17)10(18)12(20-7)14-11(19)6-2-1-3-13-4-6/h1,3-4,7-10,12-13,15-18H,2,5H2,(H,14,19)/t7-,8-,9+,10-,12?/m1/s1. The summed E-state index contributed by atoms with van der Waals surface area (Å²) in [6.07, 6.45) is -1.31. The summed E-state index contributed by atoms with van der Waals surface area (Å²) in [5.41, 5.74) is 0.435. The summed E-state index contributed by atoms with van der Waals surface area (Å²) in [4.78, 5) is 11.9. The van der Waals surface area contributed by atoms with Crippen LogP contribution in [0.4, 0.5) is 0 Å². The molecule has 112 valence electrons. The van der Waals surface area contributed by atoms with Gasteiger partial charge in [-0.1, -0.05) is 6.08 Å². The van der Waals surface area contributed by atoms with Gasteiger partial charge in [-0.2, -0.15) is 0 Å². The van der Waals surface area contributed by atoms with E-state index in [-0.39, 0.29) is 0 Å². The van der Waals surface area contributed by atoms with E-state index in [0.29, 0.717) is 12.0 Å². The van der Waals surface area contributed by atoms with E-state index in [9.17, 15) is 20.1 Å². The van der Waals surface area contributed by atoms with Crippen molar-refractivity contribution < 1.29 is 30.0 Å². The lowest BCUT2D eigenvalue weighted by Gasteiger charge is -2.40. The maximum absolute atomic E-state index is 11.9. The third-order valence-corrected chi connectivity index (χ3v) is 3.27. The summed E-state index contributed by atoms with van der Waals surface area (Å²) in [6, 6.07) is 0. The molecule has 0 radical (unpaired) electrons. The van der Waals surface area contributed by atoms with Crippen molar-refractivity contribution in [3.63, 3.8) is 0 Å². The molecule has 0 spiro atoms. The van der Waals surface area contributed by atoms with Gasteiger partial charge in [-0.15, -0.1) is 0 Å².